The Bertz CT molecular complexity index is 1040. The molecule has 0 radical (unpaired) electrons. The molecular weight excluding hydrogens is 524 g/mol. The average molecular weight is 581 g/mol. The SMILES string of the molecule is CCCCCCCCCCCCCCCCCCc1ccc(C=CC(=O)c2c(OC)cc(OC)c(OC)c2OC)cc1. The summed E-state index contributed by atoms with van der Waals surface area (Å²) in [6.07, 6.45) is 26.7. The summed E-state index contributed by atoms with van der Waals surface area (Å²) in [5.74, 6) is 1.22. The van der Waals surface area contributed by atoms with Gasteiger partial charge in [-0.3, -0.25) is 4.79 Å². The molecule has 0 N–H and O–H groups in total. The van der Waals surface area contributed by atoms with E-state index in [1.54, 1.807) is 6.07 Å². The largest absolute Gasteiger partial charge is 0.496 e. The smallest absolute Gasteiger partial charge is 0.204 e. The van der Waals surface area contributed by atoms with Crippen LogP contribution in [0.2, 0.25) is 0 Å². The molecule has 0 spiro atoms. The molecule has 2 aromatic carbocycles. The summed E-state index contributed by atoms with van der Waals surface area (Å²) in [6, 6.07) is 10.1. The second kappa shape index (κ2) is 21.7. The van der Waals surface area contributed by atoms with Gasteiger partial charge in [-0.2, -0.15) is 0 Å². The molecule has 5 nitrogen and oxygen atoms in total. The van der Waals surface area contributed by atoms with E-state index in [9.17, 15) is 4.79 Å². The van der Waals surface area contributed by atoms with Gasteiger partial charge in [-0.25, -0.2) is 0 Å². The summed E-state index contributed by atoms with van der Waals surface area (Å²) in [4.78, 5) is 13.1. The van der Waals surface area contributed by atoms with Crippen LogP contribution >= 0.6 is 0 Å². The van der Waals surface area contributed by atoms with Crippen molar-refractivity contribution < 1.29 is 23.7 Å². The zero-order valence-electron chi connectivity index (χ0n) is 27.1. The van der Waals surface area contributed by atoms with Gasteiger partial charge in [0.1, 0.15) is 11.3 Å². The lowest BCUT2D eigenvalue weighted by molar-refractivity contribution is 0.104. The molecule has 234 valence electrons. The van der Waals surface area contributed by atoms with Gasteiger partial charge in [-0.1, -0.05) is 134 Å². The van der Waals surface area contributed by atoms with E-state index >= 15 is 0 Å². The molecule has 0 fully saturated rings. The fourth-order valence-electron chi connectivity index (χ4n) is 5.46. The molecule has 0 bridgehead atoms. The normalized spacial score (nSPS) is 11.2. The number of hydrogen-bond donors (Lipinski definition) is 0. The molecule has 0 atom stereocenters. The highest BCUT2D eigenvalue weighted by Gasteiger charge is 2.25. The van der Waals surface area contributed by atoms with Crippen molar-refractivity contribution in [3.05, 3.63) is 53.1 Å². The van der Waals surface area contributed by atoms with Crippen LogP contribution in [0.5, 0.6) is 23.0 Å². The third-order valence-electron chi connectivity index (χ3n) is 7.99. The van der Waals surface area contributed by atoms with Gasteiger partial charge in [-0.15, -0.1) is 0 Å². The Balaban J connectivity index is 1.66. The molecule has 0 aliphatic heterocycles. The maximum atomic E-state index is 13.1. The first kappa shape index (κ1) is 35.2. The minimum atomic E-state index is -0.234. The number of benzene rings is 2. The molecule has 2 aromatic rings. The summed E-state index contributed by atoms with van der Waals surface area (Å²) in [5.41, 5.74) is 2.61. The summed E-state index contributed by atoms with van der Waals surface area (Å²) < 4.78 is 21.8. The number of unbranched alkanes of at least 4 members (excludes halogenated alkanes) is 15. The van der Waals surface area contributed by atoms with E-state index in [0.29, 0.717) is 22.8 Å². The van der Waals surface area contributed by atoms with Crippen molar-refractivity contribution in [3.63, 3.8) is 0 Å². The van der Waals surface area contributed by atoms with Gasteiger partial charge in [0.15, 0.2) is 17.3 Å². The zero-order valence-corrected chi connectivity index (χ0v) is 27.1. The number of carbonyl (C=O) groups is 1. The van der Waals surface area contributed by atoms with Gasteiger partial charge in [0.05, 0.1) is 28.4 Å². The number of ether oxygens (including phenoxy) is 4. The second-order valence-corrected chi connectivity index (χ2v) is 11.2. The molecule has 0 heterocycles. The van der Waals surface area contributed by atoms with Gasteiger partial charge in [-0.05, 0) is 30.0 Å². The molecule has 2 rings (SSSR count). The highest BCUT2D eigenvalue weighted by Crippen LogP contribution is 2.45. The van der Waals surface area contributed by atoms with Gasteiger partial charge >= 0.3 is 0 Å². The average Bonchev–Trinajstić information content (AvgIpc) is 3.02. The van der Waals surface area contributed by atoms with Crippen molar-refractivity contribution >= 4 is 11.9 Å². The van der Waals surface area contributed by atoms with E-state index in [0.717, 1.165) is 12.0 Å². The quantitative estimate of drug-likeness (QED) is 0.0702. The predicted octanol–water partition coefficient (Wildman–Crippen LogP) is 10.4. The molecule has 0 amide bonds. The molecule has 0 saturated heterocycles. The minimum Gasteiger partial charge on any atom is -0.496 e. The number of aryl methyl sites for hydroxylation is 1. The standard InChI is InChI=1S/C37H56O5/c1-6-7-8-9-10-11-12-13-14-15-16-17-18-19-20-21-22-30-23-25-31(26-24-30)27-28-32(38)35-33(39-2)29-34(40-3)36(41-4)37(35)42-5/h23-29H,6-22H2,1-5H3. The Kier molecular flexibility index (Phi) is 18.2. The molecule has 0 aliphatic carbocycles. The van der Waals surface area contributed by atoms with Gasteiger partial charge in [0, 0.05) is 6.07 Å². The van der Waals surface area contributed by atoms with Crippen LogP contribution < -0.4 is 18.9 Å². The van der Waals surface area contributed by atoms with Crippen LogP contribution in [0, 0.1) is 0 Å². The first-order chi connectivity index (χ1) is 20.6. The highest BCUT2D eigenvalue weighted by molar-refractivity contribution is 6.11. The Morgan fingerprint density at radius 2 is 1.07 bits per heavy atom. The second-order valence-electron chi connectivity index (χ2n) is 11.2. The first-order valence-electron chi connectivity index (χ1n) is 16.3. The van der Waals surface area contributed by atoms with Crippen molar-refractivity contribution in [1.82, 2.24) is 0 Å². The lowest BCUT2D eigenvalue weighted by Gasteiger charge is -2.17. The Labute approximate surface area is 256 Å². The third kappa shape index (κ3) is 12.5. The third-order valence-corrected chi connectivity index (χ3v) is 7.99. The van der Waals surface area contributed by atoms with Crippen LogP contribution in [0.1, 0.15) is 131 Å². The number of allylic oxidation sites excluding steroid dienone is 1. The molecular formula is C37H56O5. The topological polar surface area (TPSA) is 54.0 Å². The summed E-state index contributed by atoms with van der Waals surface area (Å²) >= 11 is 0. The summed E-state index contributed by atoms with van der Waals surface area (Å²) in [7, 11) is 6.05. The lowest BCUT2D eigenvalue weighted by atomic mass is 10.0. The van der Waals surface area contributed by atoms with Crippen molar-refractivity contribution in [1.29, 1.82) is 0 Å². The number of methoxy groups -OCH3 is 4. The maximum Gasteiger partial charge on any atom is 0.204 e. The Morgan fingerprint density at radius 3 is 1.52 bits per heavy atom. The number of ketones is 1. The van der Waals surface area contributed by atoms with E-state index in [4.69, 9.17) is 18.9 Å². The molecule has 0 aromatic heterocycles. The fourth-order valence-corrected chi connectivity index (χ4v) is 5.46. The minimum absolute atomic E-state index is 0.234. The van der Waals surface area contributed by atoms with Crippen LogP contribution in [0.25, 0.3) is 6.08 Å². The fraction of sp³-hybridized carbons (Fsp3) is 0.595. The van der Waals surface area contributed by atoms with Gasteiger partial charge < -0.3 is 18.9 Å². The summed E-state index contributed by atoms with van der Waals surface area (Å²) in [6.45, 7) is 2.29. The van der Waals surface area contributed by atoms with Crippen LogP contribution in [0.4, 0.5) is 0 Å². The number of rotatable bonds is 24. The van der Waals surface area contributed by atoms with Crippen molar-refractivity contribution in [3.8, 4) is 23.0 Å². The molecule has 0 saturated carbocycles. The highest BCUT2D eigenvalue weighted by atomic mass is 16.5. The maximum absolute atomic E-state index is 13.1. The van der Waals surface area contributed by atoms with Crippen molar-refractivity contribution in [2.24, 2.45) is 0 Å². The Morgan fingerprint density at radius 1 is 0.595 bits per heavy atom. The van der Waals surface area contributed by atoms with E-state index in [-0.39, 0.29) is 11.5 Å². The number of hydrogen-bond acceptors (Lipinski definition) is 5. The molecule has 0 unspecified atom stereocenters. The molecule has 0 aliphatic rings. The van der Waals surface area contributed by atoms with E-state index in [1.807, 2.05) is 6.08 Å². The monoisotopic (exact) mass is 580 g/mol. The van der Waals surface area contributed by atoms with Crippen LogP contribution in [0.15, 0.2) is 36.4 Å². The lowest BCUT2D eigenvalue weighted by Crippen LogP contribution is -2.06. The van der Waals surface area contributed by atoms with Crippen LogP contribution in [-0.2, 0) is 6.42 Å². The van der Waals surface area contributed by atoms with Crippen LogP contribution in [-0.4, -0.2) is 34.2 Å². The van der Waals surface area contributed by atoms with Crippen molar-refractivity contribution in [2.45, 2.75) is 116 Å². The zero-order chi connectivity index (χ0) is 30.4. The number of carbonyl (C=O) groups excluding carboxylic acids is 1. The molecule has 5 heteroatoms. The predicted molar refractivity (Wildman–Crippen MR) is 176 cm³/mol. The Hall–Kier alpha value is -2.95. The van der Waals surface area contributed by atoms with Crippen molar-refractivity contribution in [2.75, 3.05) is 28.4 Å². The van der Waals surface area contributed by atoms with E-state index in [2.05, 4.69) is 31.2 Å². The van der Waals surface area contributed by atoms with Gasteiger partial charge in [0.25, 0.3) is 0 Å². The van der Waals surface area contributed by atoms with Gasteiger partial charge in [0.2, 0.25) is 5.75 Å². The van der Waals surface area contributed by atoms with E-state index in [1.165, 1.54) is 143 Å². The van der Waals surface area contributed by atoms with Crippen LogP contribution in [0.3, 0.4) is 0 Å². The first-order valence-corrected chi connectivity index (χ1v) is 16.3. The summed E-state index contributed by atoms with van der Waals surface area (Å²) in [5, 5.41) is 0. The van der Waals surface area contributed by atoms with E-state index < -0.39 is 0 Å². The molecule has 42 heavy (non-hydrogen) atoms.